The SMILES string of the molecule is CCCCOC(=O)C1=C(C(=O)N(C(C)=O)c2cc(SCC(=O)OC)c(Cl)cc2F)CCCC1. The van der Waals surface area contributed by atoms with Crippen molar-refractivity contribution in [1.29, 1.82) is 0 Å². The smallest absolute Gasteiger partial charge is 0.334 e. The first-order chi connectivity index (χ1) is 15.7. The van der Waals surface area contributed by atoms with Gasteiger partial charge in [-0.05, 0) is 44.2 Å². The Balaban J connectivity index is 2.44. The summed E-state index contributed by atoms with van der Waals surface area (Å²) >= 11 is 7.08. The molecule has 33 heavy (non-hydrogen) atoms. The number of methoxy groups -OCH3 is 1. The van der Waals surface area contributed by atoms with Gasteiger partial charge >= 0.3 is 11.9 Å². The molecule has 1 aliphatic rings. The van der Waals surface area contributed by atoms with E-state index in [1.165, 1.54) is 13.2 Å². The maximum absolute atomic E-state index is 14.9. The van der Waals surface area contributed by atoms with Gasteiger partial charge in [-0.3, -0.25) is 14.4 Å². The Labute approximate surface area is 201 Å². The minimum Gasteiger partial charge on any atom is -0.468 e. The van der Waals surface area contributed by atoms with E-state index in [0.29, 0.717) is 35.5 Å². The second-order valence-corrected chi connectivity index (χ2v) is 8.84. The lowest BCUT2D eigenvalue weighted by atomic mass is 9.90. The minimum absolute atomic E-state index is 0.0261. The number of carbonyl (C=O) groups excluding carboxylic acids is 4. The summed E-state index contributed by atoms with van der Waals surface area (Å²) in [6.45, 7) is 3.34. The number of hydrogen-bond acceptors (Lipinski definition) is 7. The van der Waals surface area contributed by atoms with Crippen molar-refractivity contribution in [2.45, 2.75) is 57.3 Å². The first-order valence-corrected chi connectivity index (χ1v) is 12.0. The Morgan fingerprint density at radius 1 is 1.15 bits per heavy atom. The summed E-state index contributed by atoms with van der Waals surface area (Å²) in [7, 11) is 1.24. The highest BCUT2D eigenvalue weighted by Gasteiger charge is 2.32. The molecule has 0 aromatic heterocycles. The fourth-order valence-electron chi connectivity index (χ4n) is 3.32. The highest BCUT2D eigenvalue weighted by atomic mass is 35.5. The van der Waals surface area contributed by atoms with E-state index in [1.807, 2.05) is 6.92 Å². The van der Waals surface area contributed by atoms with Crippen LogP contribution in [0.2, 0.25) is 5.02 Å². The van der Waals surface area contributed by atoms with Crippen LogP contribution < -0.4 is 4.90 Å². The zero-order valence-corrected chi connectivity index (χ0v) is 20.4. The van der Waals surface area contributed by atoms with E-state index >= 15 is 0 Å². The summed E-state index contributed by atoms with van der Waals surface area (Å²) in [6.07, 6.45) is 3.54. The van der Waals surface area contributed by atoms with Crippen molar-refractivity contribution < 1.29 is 33.0 Å². The Morgan fingerprint density at radius 3 is 2.42 bits per heavy atom. The molecule has 0 N–H and O–H groups in total. The third-order valence-electron chi connectivity index (χ3n) is 5.04. The lowest BCUT2D eigenvalue weighted by Crippen LogP contribution is -2.38. The Kier molecular flexibility index (Phi) is 10.4. The molecule has 0 saturated carbocycles. The third-order valence-corrected chi connectivity index (χ3v) is 6.49. The summed E-state index contributed by atoms with van der Waals surface area (Å²) in [5.41, 5.74) is 0.0698. The number of thioether (sulfide) groups is 1. The number of ether oxygens (including phenoxy) is 2. The molecular weight excluding hydrogens is 473 g/mol. The molecule has 0 bridgehead atoms. The van der Waals surface area contributed by atoms with E-state index in [0.717, 1.165) is 31.2 Å². The van der Waals surface area contributed by atoms with Crippen LogP contribution in [0, 0.1) is 5.82 Å². The van der Waals surface area contributed by atoms with E-state index in [9.17, 15) is 23.6 Å². The van der Waals surface area contributed by atoms with Crippen molar-refractivity contribution in [3.63, 3.8) is 0 Å². The van der Waals surface area contributed by atoms with Crippen molar-refractivity contribution >= 4 is 52.8 Å². The van der Waals surface area contributed by atoms with Gasteiger partial charge in [0, 0.05) is 23.0 Å². The van der Waals surface area contributed by atoms with E-state index in [-0.39, 0.29) is 40.6 Å². The monoisotopic (exact) mass is 499 g/mol. The molecule has 0 heterocycles. The number of unbranched alkanes of at least 4 members (excludes halogenated alkanes) is 1. The number of carbonyl (C=O) groups is 4. The molecule has 2 rings (SSSR count). The van der Waals surface area contributed by atoms with Gasteiger partial charge < -0.3 is 9.47 Å². The van der Waals surface area contributed by atoms with Crippen LogP contribution in [0.4, 0.5) is 10.1 Å². The van der Waals surface area contributed by atoms with Gasteiger partial charge in [0.05, 0.1) is 30.2 Å². The van der Waals surface area contributed by atoms with Crippen LogP contribution in [0.1, 0.15) is 52.4 Å². The van der Waals surface area contributed by atoms with Crippen molar-refractivity contribution in [3.8, 4) is 0 Å². The van der Waals surface area contributed by atoms with Crippen LogP contribution in [0.3, 0.4) is 0 Å². The maximum atomic E-state index is 14.9. The Hall–Kier alpha value is -2.39. The summed E-state index contributed by atoms with van der Waals surface area (Å²) < 4.78 is 24.7. The normalized spacial score (nSPS) is 13.5. The molecule has 2 amide bonds. The fraction of sp³-hybridized carbons (Fsp3) is 0.478. The van der Waals surface area contributed by atoms with Crippen LogP contribution in [0.25, 0.3) is 0 Å². The maximum Gasteiger partial charge on any atom is 0.334 e. The zero-order valence-electron chi connectivity index (χ0n) is 18.9. The number of hydrogen-bond donors (Lipinski definition) is 0. The van der Waals surface area contributed by atoms with Gasteiger partial charge in [0.2, 0.25) is 5.91 Å². The molecule has 1 aromatic carbocycles. The number of imide groups is 1. The second kappa shape index (κ2) is 12.7. The number of benzene rings is 1. The molecule has 1 aromatic rings. The van der Waals surface area contributed by atoms with Gasteiger partial charge in [-0.15, -0.1) is 11.8 Å². The molecular formula is C23H27ClFNO6S. The van der Waals surface area contributed by atoms with Crippen LogP contribution in [-0.2, 0) is 28.7 Å². The van der Waals surface area contributed by atoms with Crippen LogP contribution in [0.15, 0.2) is 28.2 Å². The third kappa shape index (κ3) is 7.04. The summed E-state index contributed by atoms with van der Waals surface area (Å²) in [5.74, 6) is -3.55. The molecule has 7 nitrogen and oxygen atoms in total. The standard InChI is InChI=1S/C23H27ClFNO6S/c1-4-5-10-32-23(30)16-9-7-6-8-15(16)22(29)26(14(2)27)19-12-20(17(24)11-18(19)25)33-13-21(28)31-3/h11-12H,4-10,13H2,1-3H3. The molecule has 0 radical (unpaired) electrons. The minimum atomic E-state index is -0.880. The number of rotatable bonds is 9. The summed E-state index contributed by atoms with van der Waals surface area (Å²) in [4.78, 5) is 50.9. The number of anilines is 1. The van der Waals surface area contributed by atoms with Crippen LogP contribution in [0.5, 0.6) is 0 Å². The topological polar surface area (TPSA) is 90.0 Å². The predicted molar refractivity (Wildman–Crippen MR) is 124 cm³/mol. The summed E-state index contributed by atoms with van der Waals surface area (Å²) in [6, 6.07) is 2.22. The van der Waals surface area contributed by atoms with E-state index in [2.05, 4.69) is 4.74 Å². The number of esters is 2. The quantitative estimate of drug-likeness (QED) is 0.273. The molecule has 0 aliphatic heterocycles. The van der Waals surface area contributed by atoms with Crippen molar-refractivity contribution in [1.82, 2.24) is 0 Å². The zero-order chi connectivity index (χ0) is 24.5. The number of halogens is 2. The Bertz CT molecular complexity index is 965. The van der Waals surface area contributed by atoms with Crippen molar-refractivity contribution in [3.05, 3.63) is 34.1 Å². The second-order valence-electron chi connectivity index (χ2n) is 7.41. The van der Waals surface area contributed by atoms with Gasteiger partial charge in [-0.1, -0.05) is 24.9 Å². The van der Waals surface area contributed by atoms with Gasteiger partial charge in [0.25, 0.3) is 5.91 Å². The largest absolute Gasteiger partial charge is 0.468 e. The first kappa shape index (κ1) is 26.9. The lowest BCUT2D eigenvalue weighted by molar-refractivity contribution is -0.140. The van der Waals surface area contributed by atoms with E-state index in [1.54, 1.807) is 0 Å². The molecule has 10 heteroatoms. The fourth-order valence-corrected chi connectivity index (χ4v) is 4.41. The van der Waals surface area contributed by atoms with Crippen molar-refractivity contribution in [2.75, 3.05) is 24.4 Å². The average molecular weight is 500 g/mol. The predicted octanol–water partition coefficient (Wildman–Crippen LogP) is 4.84. The molecule has 180 valence electrons. The highest BCUT2D eigenvalue weighted by molar-refractivity contribution is 8.00. The van der Waals surface area contributed by atoms with Gasteiger partial charge in [-0.25, -0.2) is 14.1 Å². The van der Waals surface area contributed by atoms with Gasteiger partial charge in [-0.2, -0.15) is 0 Å². The van der Waals surface area contributed by atoms with E-state index < -0.39 is 29.6 Å². The first-order valence-electron chi connectivity index (χ1n) is 10.6. The van der Waals surface area contributed by atoms with Crippen molar-refractivity contribution in [2.24, 2.45) is 0 Å². The summed E-state index contributed by atoms with van der Waals surface area (Å²) in [5, 5.41) is 0.0261. The molecule has 0 unspecified atom stereocenters. The lowest BCUT2D eigenvalue weighted by Gasteiger charge is -2.25. The average Bonchev–Trinajstić information content (AvgIpc) is 2.79. The molecule has 0 spiro atoms. The van der Waals surface area contributed by atoms with Crippen LogP contribution in [-0.4, -0.2) is 43.2 Å². The molecule has 0 saturated heterocycles. The highest BCUT2D eigenvalue weighted by Crippen LogP contribution is 2.36. The van der Waals surface area contributed by atoms with E-state index in [4.69, 9.17) is 16.3 Å². The molecule has 1 aliphatic carbocycles. The Morgan fingerprint density at radius 2 is 1.82 bits per heavy atom. The number of nitrogens with zero attached hydrogens (tertiary/aromatic N) is 1. The number of amides is 2. The van der Waals surface area contributed by atoms with Crippen LogP contribution >= 0.6 is 23.4 Å². The van der Waals surface area contributed by atoms with Gasteiger partial charge in [0.1, 0.15) is 5.82 Å². The molecule has 0 atom stereocenters. The van der Waals surface area contributed by atoms with Gasteiger partial charge in [0.15, 0.2) is 0 Å². The molecule has 0 fully saturated rings.